The molecule has 2 heteroatoms. The average Bonchev–Trinajstić information content (AvgIpc) is 2.44. The summed E-state index contributed by atoms with van der Waals surface area (Å²) in [5, 5.41) is 0. The minimum Gasteiger partial charge on any atom is -0.303 e. The van der Waals surface area contributed by atoms with Gasteiger partial charge in [0.2, 0.25) is 0 Å². The van der Waals surface area contributed by atoms with Gasteiger partial charge in [-0.15, -0.1) is 0 Å². The van der Waals surface area contributed by atoms with Crippen molar-refractivity contribution in [3.63, 3.8) is 0 Å². The molecule has 0 unspecified atom stereocenters. The molecule has 0 aliphatic heterocycles. The van der Waals surface area contributed by atoms with E-state index in [0.717, 1.165) is 19.4 Å². The molecule has 0 heterocycles. The summed E-state index contributed by atoms with van der Waals surface area (Å²) in [6.07, 6.45) is 8.48. The van der Waals surface area contributed by atoms with Gasteiger partial charge in [0.05, 0.1) is 0 Å². The standard InChI is InChI=1S/C13H25NO/c1-12(2)14(3)10-13(11-15)8-6-4-5-7-9-13/h11-12H,4-10H2,1-3H3. The van der Waals surface area contributed by atoms with E-state index in [1.165, 1.54) is 32.0 Å². The van der Waals surface area contributed by atoms with Crippen LogP contribution in [0.1, 0.15) is 52.4 Å². The van der Waals surface area contributed by atoms with Gasteiger partial charge in [-0.25, -0.2) is 0 Å². The number of carbonyl (C=O) groups is 1. The van der Waals surface area contributed by atoms with Gasteiger partial charge in [-0.05, 0) is 33.7 Å². The third kappa shape index (κ3) is 3.60. The number of hydrogen-bond acceptors (Lipinski definition) is 2. The molecule has 2 nitrogen and oxygen atoms in total. The monoisotopic (exact) mass is 211 g/mol. The smallest absolute Gasteiger partial charge is 0.127 e. The molecular weight excluding hydrogens is 186 g/mol. The van der Waals surface area contributed by atoms with E-state index in [-0.39, 0.29) is 5.41 Å². The van der Waals surface area contributed by atoms with Crippen molar-refractivity contribution in [1.29, 1.82) is 0 Å². The number of aldehydes is 1. The predicted molar refractivity (Wildman–Crippen MR) is 64.0 cm³/mol. The molecule has 0 aromatic rings. The number of hydrogen-bond donors (Lipinski definition) is 0. The van der Waals surface area contributed by atoms with Crippen LogP contribution in [0, 0.1) is 5.41 Å². The quantitative estimate of drug-likeness (QED) is 0.526. The van der Waals surface area contributed by atoms with E-state index in [1.54, 1.807) is 0 Å². The van der Waals surface area contributed by atoms with Gasteiger partial charge in [-0.3, -0.25) is 0 Å². The number of rotatable bonds is 4. The van der Waals surface area contributed by atoms with Crippen LogP contribution in [0.2, 0.25) is 0 Å². The third-order valence-corrected chi connectivity index (χ3v) is 3.80. The van der Waals surface area contributed by atoms with Gasteiger partial charge in [-0.1, -0.05) is 25.7 Å². The topological polar surface area (TPSA) is 20.3 Å². The van der Waals surface area contributed by atoms with Crippen molar-refractivity contribution < 1.29 is 4.79 Å². The zero-order valence-corrected chi connectivity index (χ0v) is 10.5. The fourth-order valence-corrected chi connectivity index (χ4v) is 2.43. The Balaban J connectivity index is 2.61. The summed E-state index contributed by atoms with van der Waals surface area (Å²) < 4.78 is 0. The Morgan fingerprint density at radius 3 is 2.13 bits per heavy atom. The Hall–Kier alpha value is -0.370. The van der Waals surface area contributed by atoms with Crippen LogP contribution in [0.3, 0.4) is 0 Å². The fraction of sp³-hybridized carbons (Fsp3) is 0.923. The van der Waals surface area contributed by atoms with E-state index >= 15 is 0 Å². The SMILES string of the molecule is CC(C)N(C)CC1(C=O)CCCCCC1. The molecule has 0 spiro atoms. The first-order chi connectivity index (χ1) is 7.09. The molecule has 1 aliphatic carbocycles. The minimum atomic E-state index is -0.0461. The van der Waals surface area contributed by atoms with Crippen molar-refractivity contribution in [2.45, 2.75) is 58.4 Å². The van der Waals surface area contributed by atoms with Gasteiger partial charge in [-0.2, -0.15) is 0 Å². The van der Waals surface area contributed by atoms with Crippen LogP contribution in [-0.2, 0) is 4.79 Å². The van der Waals surface area contributed by atoms with Crippen molar-refractivity contribution in [2.24, 2.45) is 5.41 Å². The first-order valence-corrected chi connectivity index (χ1v) is 6.26. The molecule has 0 N–H and O–H groups in total. The highest BCUT2D eigenvalue weighted by molar-refractivity contribution is 5.59. The lowest BCUT2D eigenvalue weighted by atomic mass is 9.81. The molecule has 1 aliphatic rings. The zero-order chi connectivity index (χ0) is 11.3. The third-order valence-electron chi connectivity index (χ3n) is 3.80. The summed E-state index contributed by atoms with van der Waals surface area (Å²) in [6.45, 7) is 5.32. The van der Waals surface area contributed by atoms with Crippen molar-refractivity contribution in [3.8, 4) is 0 Å². The van der Waals surface area contributed by atoms with E-state index in [9.17, 15) is 4.79 Å². The molecule has 0 atom stereocenters. The maximum atomic E-state index is 11.4. The van der Waals surface area contributed by atoms with Crippen LogP contribution < -0.4 is 0 Å². The summed E-state index contributed by atoms with van der Waals surface area (Å²) in [4.78, 5) is 13.7. The van der Waals surface area contributed by atoms with E-state index in [2.05, 4.69) is 25.8 Å². The highest BCUT2D eigenvalue weighted by Crippen LogP contribution is 2.34. The first-order valence-electron chi connectivity index (χ1n) is 6.26. The van der Waals surface area contributed by atoms with Gasteiger partial charge in [0, 0.05) is 18.0 Å². The number of nitrogens with zero attached hydrogens (tertiary/aromatic N) is 1. The van der Waals surface area contributed by atoms with E-state index in [4.69, 9.17) is 0 Å². The fourth-order valence-electron chi connectivity index (χ4n) is 2.43. The van der Waals surface area contributed by atoms with Gasteiger partial charge in [0.1, 0.15) is 6.29 Å². The summed E-state index contributed by atoms with van der Waals surface area (Å²) in [6, 6.07) is 0.532. The molecule has 0 aromatic heterocycles. The molecule has 0 saturated heterocycles. The average molecular weight is 211 g/mol. The van der Waals surface area contributed by atoms with Crippen LogP contribution in [0.15, 0.2) is 0 Å². The normalized spacial score (nSPS) is 21.7. The molecule has 0 amide bonds. The molecule has 88 valence electrons. The molecule has 1 saturated carbocycles. The molecule has 1 rings (SSSR count). The Bertz CT molecular complexity index is 193. The molecule has 0 radical (unpaired) electrons. The van der Waals surface area contributed by atoms with Crippen LogP contribution in [0.25, 0.3) is 0 Å². The maximum absolute atomic E-state index is 11.4. The Morgan fingerprint density at radius 1 is 1.20 bits per heavy atom. The second-order valence-electron chi connectivity index (χ2n) is 5.40. The van der Waals surface area contributed by atoms with E-state index < -0.39 is 0 Å². The van der Waals surface area contributed by atoms with Crippen molar-refractivity contribution in [2.75, 3.05) is 13.6 Å². The largest absolute Gasteiger partial charge is 0.303 e. The van der Waals surface area contributed by atoms with E-state index in [1.807, 2.05) is 0 Å². The molecule has 1 fully saturated rings. The first kappa shape index (κ1) is 12.7. The molecular formula is C13H25NO. The molecule has 0 aromatic carbocycles. The summed E-state index contributed by atoms with van der Waals surface area (Å²) in [5.74, 6) is 0. The lowest BCUT2D eigenvalue weighted by Crippen LogP contribution is -2.39. The van der Waals surface area contributed by atoms with Crippen LogP contribution in [0.4, 0.5) is 0 Å². The van der Waals surface area contributed by atoms with Crippen molar-refractivity contribution in [1.82, 2.24) is 4.90 Å². The van der Waals surface area contributed by atoms with Crippen molar-refractivity contribution in [3.05, 3.63) is 0 Å². The second kappa shape index (κ2) is 5.64. The minimum absolute atomic E-state index is 0.0461. The Kier molecular flexibility index (Phi) is 4.78. The summed E-state index contributed by atoms with van der Waals surface area (Å²) in [5.41, 5.74) is -0.0461. The Labute approximate surface area is 94.0 Å². The summed E-state index contributed by atoms with van der Waals surface area (Å²) >= 11 is 0. The number of carbonyl (C=O) groups excluding carboxylic acids is 1. The highest BCUT2D eigenvalue weighted by Gasteiger charge is 2.32. The molecule has 15 heavy (non-hydrogen) atoms. The highest BCUT2D eigenvalue weighted by atomic mass is 16.1. The maximum Gasteiger partial charge on any atom is 0.127 e. The lowest BCUT2D eigenvalue weighted by Gasteiger charge is -2.33. The Morgan fingerprint density at radius 2 is 1.73 bits per heavy atom. The van der Waals surface area contributed by atoms with Crippen LogP contribution in [-0.4, -0.2) is 30.8 Å². The van der Waals surface area contributed by atoms with Crippen LogP contribution in [0.5, 0.6) is 0 Å². The summed E-state index contributed by atoms with van der Waals surface area (Å²) in [7, 11) is 2.13. The molecule has 0 bridgehead atoms. The van der Waals surface area contributed by atoms with Gasteiger partial charge in [0.15, 0.2) is 0 Å². The van der Waals surface area contributed by atoms with Crippen LogP contribution >= 0.6 is 0 Å². The van der Waals surface area contributed by atoms with Gasteiger partial charge < -0.3 is 9.69 Å². The second-order valence-corrected chi connectivity index (χ2v) is 5.40. The van der Waals surface area contributed by atoms with Gasteiger partial charge >= 0.3 is 0 Å². The van der Waals surface area contributed by atoms with E-state index in [0.29, 0.717) is 6.04 Å². The van der Waals surface area contributed by atoms with Crippen molar-refractivity contribution >= 4 is 6.29 Å². The predicted octanol–water partition coefficient (Wildman–Crippen LogP) is 2.87. The zero-order valence-electron chi connectivity index (χ0n) is 10.5. The lowest BCUT2D eigenvalue weighted by molar-refractivity contribution is -0.118. The van der Waals surface area contributed by atoms with Gasteiger partial charge in [0.25, 0.3) is 0 Å².